The number of amides is 2. The van der Waals surface area contributed by atoms with Crippen molar-refractivity contribution in [2.75, 3.05) is 22.6 Å². The van der Waals surface area contributed by atoms with Crippen LogP contribution in [0.25, 0.3) is 5.69 Å². The molecule has 0 aliphatic rings. The van der Waals surface area contributed by atoms with Crippen molar-refractivity contribution in [3.05, 3.63) is 46.4 Å². The second-order valence-corrected chi connectivity index (χ2v) is 9.97. The van der Waals surface area contributed by atoms with Crippen molar-refractivity contribution in [3.63, 3.8) is 0 Å². The minimum Gasteiger partial charge on any atom is -0.319 e. The third kappa shape index (κ3) is 5.38. The van der Waals surface area contributed by atoms with Crippen LogP contribution in [0.15, 0.2) is 39.5 Å². The SMILES string of the molecule is CSCC(=O)Nc1nnc(SC(C)C(=O)Nc2c(C)n(C)n(-c3ccccc3)c2=O)s1. The molecule has 2 N–H and O–H groups in total. The fourth-order valence-corrected chi connectivity index (χ4v) is 4.98. The van der Waals surface area contributed by atoms with Crippen LogP contribution in [-0.2, 0) is 16.6 Å². The summed E-state index contributed by atoms with van der Waals surface area (Å²) in [5.41, 5.74) is 1.30. The van der Waals surface area contributed by atoms with Crippen LogP contribution < -0.4 is 16.2 Å². The van der Waals surface area contributed by atoms with Gasteiger partial charge in [-0.2, -0.15) is 11.8 Å². The molecular weight excluding hydrogens is 456 g/mol. The monoisotopic (exact) mass is 478 g/mol. The Labute approximate surface area is 191 Å². The minimum atomic E-state index is -0.521. The largest absolute Gasteiger partial charge is 0.319 e. The van der Waals surface area contributed by atoms with Crippen molar-refractivity contribution < 1.29 is 9.59 Å². The zero-order chi connectivity index (χ0) is 22.5. The summed E-state index contributed by atoms with van der Waals surface area (Å²) in [7, 11) is 1.77. The highest BCUT2D eigenvalue weighted by atomic mass is 32.2. The zero-order valence-electron chi connectivity index (χ0n) is 17.4. The standard InChI is InChI=1S/C19H22N6O3S3/c1-11-15(17(28)25(24(11)3)13-8-6-5-7-9-13)21-16(27)12(2)30-19-23-22-18(31-19)20-14(26)10-29-4/h5-9,12H,10H2,1-4H3,(H,21,27)(H,20,22,26). The van der Waals surface area contributed by atoms with Gasteiger partial charge in [-0.05, 0) is 32.2 Å². The normalized spacial score (nSPS) is 11.9. The van der Waals surface area contributed by atoms with Gasteiger partial charge in [0.25, 0.3) is 5.56 Å². The van der Waals surface area contributed by atoms with E-state index in [0.717, 1.165) is 0 Å². The predicted octanol–water partition coefficient (Wildman–Crippen LogP) is 2.76. The van der Waals surface area contributed by atoms with Crippen molar-refractivity contribution in [1.29, 1.82) is 0 Å². The van der Waals surface area contributed by atoms with Gasteiger partial charge >= 0.3 is 0 Å². The summed E-state index contributed by atoms with van der Waals surface area (Å²) in [4.78, 5) is 37.3. The minimum absolute atomic E-state index is 0.153. The van der Waals surface area contributed by atoms with E-state index in [1.807, 2.05) is 36.6 Å². The maximum absolute atomic E-state index is 12.9. The number of nitrogens with zero attached hydrogens (tertiary/aromatic N) is 4. The third-order valence-corrected chi connectivity index (χ3v) is 6.95. The number of rotatable bonds is 8. The molecule has 9 nitrogen and oxygen atoms in total. The van der Waals surface area contributed by atoms with E-state index in [9.17, 15) is 14.4 Å². The van der Waals surface area contributed by atoms with Crippen LogP contribution in [0.2, 0.25) is 0 Å². The molecule has 0 bridgehead atoms. The highest BCUT2D eigenvalue weighted by Crippen LogP contribution is 2.29. The van der Waals surface area contributed by atoms with Crippen LogP contribution >= 0.6 is 34.9 Å². The number of para-hydroxylation sites is 1. The number of carbonyl (C=O) groups is 2. The summed E-state index contributed by atoms with van der Waals surface area (Å²) in [5.74, 6) is -0.142. The first-order valence-corrected chi connectivity index (χ1v) is 12.3. The van der Waals surface area contributed by atoms with E-state index >= 15 is 0 Å². The van der Waals surface area contributed by atoms with Gasteiger partial charge in [-0.1, -0.05) is 41.3 Å². The Morgan fingerprint density at radius 2 is 1.90 bits per heavy atom. The van der Waals surface area contributed by atoms with Gasteiger partial charge in [0.2, 0.25) is 16.9 Å². The van der Waals surface area contributed by atoms with E-state index in [0.29, 0.717) is 26.6 Å². The number of hydrogen-bond acceptors (Lipinski definition) is 8. The lowest BCUT2D eigenvalue weighted by molar-refractivity contribution is -0.115. The van der Waals surface area contributed by atoms with E-state index < -0.39 is 5.25 Å². The molecule has 0 saturated heterocycles. The average molecular weight is 479 g/mol. The Kier molecular flexibility index (Phi) is 7.57. The quantitative estimate of drug-likeness (QED) is 0.378. The second kappa shape index (κ2) is 10.2. The molecule has 2 aromatic heterocycles. The Hall–Kier alpha value is -2.57. The first kappa shape index (κ1) is 23.1. The lowest BCUT2D eigenvalue weighted by Crippen LogP contribution is -2.27. The molecule has 0 aliphatic carbocycles. The molecule has 1 aromatic carbocycles. The Morgan fingerprint density at radius 3 is 2.58 bits per heavy atom. The highest BCUT2D eigenvalue weighted by molar-refractivity contribution is 8.02. The molecule has 0 saturated carbocycles. The Bertz CT molecular complexity index is 1140. The molecule has 2 heterocycles. The van der Waals surface area contributed by atoms with Crippen molar-refractivity contribution in [2.24, 2.45) is 7.05 Å². The fourth-order valence-electron chi connectivity index (χ4n) is 2.74. The molecule has 0 fully saturated rings. The predicted molar refractivity (Wildman–Crippen MR) is 127 cm³/mol. The van der Waals surface area contributed by atoms with E-state index in [4.69, 9.17) is 0 Å². The fraction of sp³-hybridized carbons (Fsp3) is 0.316. The maximum atomic E-state index is 12.9. The molecule has 1 unspecified atom stereocenters. The van der Waals surface area contributed by atoms with E-state index in [1.165, 1.54) is 39.5 Å². The summed E-state index contributed by atoms with van der Waals surface area (Å²) < 4.78 is 3.77. The van der Waals surface area contributed by atoms with E-state index in [2.05, 4.69) is 20.8 Å². The van der Waals surface area contributed by atoms with Crippen LogP contribution in [0.4, 0.5) is 10.8 Å². The van der Waals surface area contributed by atoms with Gasteiger partial charge in [0.15, 0.2) is 4.34 Å². The second-order valence-electron chi connectivity index (χ2n) is 6.54. The Morgan fingerprint density at radius 1 is 1.19 bits per heavy atom. The Balaban J connectivity index is 1.70. The van der Waals surface area contributed by atoms with Crippen LogP contribution in [-0.4, -0.2) is 48.6 Å². The van der Waals surface area contributed by atoms with E-state index in [1.54, 1.807) is 25.6 Å². The molecule has 164 valence electrons. The number of aromatic nitrogens is 4. The summed E-state index contributed by atoms with van der Waals surface area (Å²) in [5, 5.41) is 13.2. The van der Waals surface area contributed by atoms with Crippen molar-refractivity contribution in [1.82, 2.24) is 19.6 Å². The molecule has 1 atom stereocenters. The summed E-state index contributed by atoms with van der Waals surface area (Å²) in [6.45, 7) is 3.50. The molecular formula is C19H22N6O3S3. The molecule has 0 radical (unpaired) electrons. The maximum Gasteiger partial charge on any atom is 0.295 e. The third-order valence-electron chi connectivity index (χ3n) is 4.38. The molecule has 0 spiro atoms. The van der Waals surface area contributed by atoms with Crippen molar-refractivity contribution in [2.45, 2.75) is 23.4 Å². The first-order valence-electron chi connectivity index (χ1n) is 9.25. The van der Waals surface area contributed by atoms with Crippen LogP contribution in [0.5, 0.6) is 0 Å². The number of benzene rings is 1. The van der Waals surface area contributed by atoms with Crippen LogP contribution in [0.1, 0.15) is 12.6 Å². The molecule has 3 rings (SSSR count). The molecule has 31 heavy (non-hydrogen) atoms. The lowest BCUT2D eigenvalue weighted by Gasteiger charge is -2.09. The summed E-state index contributed by atoms with van der Waals surface area (Å²) in [6, 6.07) is 9.23. The van der Waals surface area contributed by atoms with Gasteiger partial charge in [-0.25, -0.2) is 4.68 Å². The summed E-state index contributed by atoms with van der Waals surface area (Å²) in [6.07, 6.45) is 1.84. The van der Waals surface area contributed by atoms with Gasteiger partial charge in [0.05, 0.1) is 22.4 Å². The molecule has 0 aliphatic heterocycles. The number of thioether (sulfide) groups is 2. The van der Waals surface area contributed by atoms with Gasteiger partial charge < -0.3 is 5.32 Å². The lowest BCUT2D eigenvalue weighted by atomic mass is 10.3. The van der Waals surface area contributed by atoms with Gasteiger partial charge in [0, 0.05) is 7.05 Å². The average Bonchev–Trinajstić information content (AvgIpc) is 3.26. The summed E-state index contributed by atoms with van der Waals surface area (Å²) >= 11 is 3.82. The highest BCUT2D eigenvalue weighted by Gasteiger charge is 2.22. The first-order chi connectivity index (χ1) is 14.8. The zero-order valence-corrected chi connectivity index (χ0v) is 19.9. The van der Waals surface area contributed by atoms with Gasteiger partial charge in [-0.15, -0.1) is 10.2 Å². The van der Waals surface area contributed by atoms with Crippen LogP contribution in [0.3, 0.4) is 0 Å². The molecule has 12 heteroatoms. The molecule has 3 aromatic rings. The smallest absolute Gasteiger partial charge is 0.295 e. The topological polar surface area (TPSA) is 111 Å². The van der Waals surface area contributed by atoms with E-state index in [-0.39, 0.29) is 23.1 Å². The van der Waals surface area contributed by atoms with Crippen molar-refractivity contribution >= 4 is 57.5 Å². The van der Waals surface area contributed by atoms with Crippen LogP contribution in [0, 0.1) is 6.92 Å². The number of carbonyl (C=O) groups excluding carboxylic acids is 2. The van der Waals surface area contributed by atoms with Gasteiger partial charge in [-0.3, -0.25) is 24.4 Å². The molecule has 2 amide bonds. The van der Waals surface area contributed by atoms with Crippen molar-refractivity contribution in [3.8, 4) is 5.69 Å². The van der Waals surface area contributed by atoms with Gasteiger partial charge in [0.1, 0.15) is 5.69 Å². The number of nitrogens with one attached hydrogen (secondary N) is 2. The number of hydrogen-bond donors (Lipinski definition) is 2. The number of anilines is 2.